The lowest BCUT2D eigenvalue weighted by atomic mass is 10.1. The number of hydrogen-bond acceptors (Lipinski definition) is 4. The third-order valence-electron chi connectivity index (χ3n) is 5.14. The van der Waals surface area contributed by atoms with Crippen LogP contribution in [-0.2, 0) is 4.74 Å². The van der Waals surface area contributed by atoms with Crippen LogP contribution in [0, 0.1) is 0 Å². The second-order valence-electron chi connectivity index (χ2n) is 7.70. The maximum atomic E-state index is 5.96. The molecule has 0 saturated carbocycles. The standard InChI is InChI=1S/C24H43N3O2/c1-4-7-10-12-16-27(17-13-11-8-5-2)22-14-15-23(26-25)24(21-22)29-20-19-28-18-9-6-3/h14-15,21,25H,4-13,16-20H2,1-3H3/p+1. The molecule has 2 N–H and O–H groups in total. The third-order valence-corrected chi connectivity index (χ3v) is 5.14. The van der Waals surface area contributed by atoms with Crippen molar-refractivity contribution in [3.8, 4) is 5.75 Å². The van der Waals surface area contributed by atoms with Gasteiger partial charge in [-0.3, -0.25) is 0 Å². The van der Waals surface area contributed by atoms with Gasteiger partial charge < -0.3 is 14.4 Å². The number of benzene rings is 1. The van der Waals surface area contributed by atoms with E-state index in [9.17, 15) is 0 Å². The first-order valence-corrected chi connectivity index (χ1v) is 11.8. The molecule has 0 radical (unpaired) electrons. The minimum atomic E-state index is 0.517. The predicted octanol–water partition coefficient (Wildman–Crippen LogP) is 5.69. The first kappa shape index (κ1) is 25.4. The molecule has 0 heterocycles. The number of ether oxygens (including phenoxy) is 2. The first-order valence-electron chi connectivity index (χ1n) is 11.8. The Labute approximate surface area is 178 Å². The molecule has 0 bridgehead atoms. The number of anilines is 1. The van der Waals surface area contributed by atoms with Gasteiger partial charge in [-0.2, -0.15) is 5.53 Å². The highest BCUT2D eigenvalue weighted by Gasteiger charge is 2.12. The molecule has 0 atom stereocenters. The molecule has 1 aromatic carbocycles. The van der Waals surface area contributed by atoms with Crippen LogP contribution < -0.4 is 15.2 Å². The minimum Gasteiger partial charge on any atom is -0.489 e. The normalized spacial score (nSPS) is 10.9. The van der Waals surface area contributed by atoms with Gasteiger partial charge in [-0.1, -0.05) is 65.7 Å². The molecule has 29 heavy (non-hydrogen) atoms. The van der Waals surface area contributed by atoms with Gasteiger partial charge >= 0.3 is 0 Å². The van der Waals surface area contributed by atoms with E-state index in [1.165, 1.54) is 57.1 Å². The van der Waals surface area contributed by atoms with E-state index < -0.39 is 0 Å². The summed E-state index contributed by atoms with van der Waals surface area (Å²) >= 11 is 0. The number of hydrogen-bond donors (Lipinski definition) is 1. The van der Waals surface area contributed by atoms with Gasteiger partial charge in [0, 0.05) is 31.5 Å². The molecule has 1 aromatic rings. The Hall–Kier alpha value is -1.62. The highest BCUT2D eigenvalue weighted by molar-refractivity contribution is 5.61. The summed E-state index contributed by atoms with van der Waals surface area (Å²) in [6.45, 7) is 10.7. The highest BCUT2D eigenvalue weighted by Crippen LogP contribution is 2.32. The summed E-state index contributed by atoms with van der Waals surface area (Å²) in [5.41, 5.74) is 7.47. The molecule has 5 heteroatoms. The van der Waals surface area contributed by atoms with Crippen molar-refractivity contribution in [2.45, 2.75) is 85.0 Å². The van der Waals surface area contributed by atoms with E-state index in [0.29, 0.717) is 18.9 Å². The van der Waals surface area contributed by atoms with Crippen molar-refractivity contribution in [3.63, 3.8) is 0 Å². The van der Waals surface area contributed by atoms with Crippen LogP contribution in [0.3, 0.4) is 0 Å². The van der Waals surface area contributed by atoms with Crippen molar-refractivity contribution in [1.82, 2.24) is 0 Å². The SMILES string of the molecule is CCCCCCN(CCCCCC)c1ccc(N=[NH2+])c(OCCOCCCC)c1. The maximum Gasteiger partial charge on any atom is 0.171 e. The molecule has 0 aliphatic carbocycles. The molecule has 5 nitrogen and oxygen atoms in total. The van der Waals surface area contributed by atoms with E-state index in [1.807, 2.05) is 6.07 Å². The van der Waals surface area contributed by atoms with Crippen LogP contribution in [0.25, 0.3) is 0 Å². The topological polar surface area (TPSA) is 59.7 Å². The molecule has 0 saturated heterocycles. The minimum absolute atomic E-state index is 0.517. The Kier molecular flexibility index (Phi) is 15.1. The summed E-state index contributed by atoms with van der Waals surface area (Å²) < 4.78 is 11.6. The quantitative estimate of drug-likeness (QED) is 0.237. The lowest BCUT2D eigenvalue weighted by Gasteiger charge is -2.26. The van der Waals surface area contributed by atoms with Crippen LogP contribution >= 0.6 is 0 Å². The summed E-state index contributed by atoms with van der Waals surface area (Å²) in [5, 5.41) is 3.89. The van der Waals surface area contributed by atoms with E-state index in [1.54, 1.807) is 0 Å². The number of unbranched alkanes of at least 4 members (excludes halogenated alkanes) is 7. The average Bonchev–Trinajstić information content (AvgIpc) is 2.75. The molecule has 166 valence electrons. The van der Waals surface area contributed by atoms with Crippen LogP contribution in [0.15, 0.2) is 23.3 Å². The van der Waals surface area contributed by atoms with E-state index >= 15 is 0 Å². The van der Waals surface area contributed by atoms with Crippen molar-refractivity contribution >= 4 is 11.4 Å². The van der Waals surface area contributed by atoms with Crippen LogP contribution in [0.4, 0.5) is 11.4 Å². The van der Waals surface area contributed by atoms with E-state index in [-0.39, 0.29) is 0 Å². The molecule has 0 amide bonds. The Morgan fingerprint density at radius 1 is 0.793 bits per heavy atom. The van der Waals surface area contributed by atoms with Crippen LogP contribution in [0.5, 0.6) is 5.75 Å². The fourth-order valence-corrected chi connectivity index (χ4v) is 3.31. The molecule has 1 rings (SSSR count). The average molecular weight is 407 g/mol. The Morgan fingerprint density at radius 2 is 1.45 bits per heavy atom. The third kappa shape index (κ3) is 11.2. The molecular weight excluding hydrogens is 362 g/mol. The van der Waals surface area contributed by atoms with E-state index in [0.717, 1.165) is 38.3 Å². The van der Waals surface area contributed by atoms with Gasteiger partial charge in [0.05, 0.1) is 6.61 Å². The summed E-state index contributed by atoms with van der Waals surface area (Å²) in [5.74, 6) is 0.746. The van der Waals surface area contributed by atoms with Gasteiger partial charge in [0.1, 0.15) is 6.61 Å². The zero-order valence-electron chi connectivity index (χ0n) is 19.1. The molecule has 0 fully saturated rings. The smallest absolute Gasteiger partial charge is 0.171 e. The molecule has 0 aliphatic rings. The van der Waals surface area contributed by atoms with Crippen molar-refractivity contribution in [1.29, 1.82) is 0 Å². The molecule has 0 spiro atoms. The van der Waals surface area contributed by atoms with Crippen LogP contribution in [0.1, 0.15) is 85.0 Å². The summed E-state index contributed by atoms with van der Waals surface area (Å²) in [6, 6.07) is 6.18. The van der Waals surface area contributed by atoms with Gasteiger partial charge in [-0.25, -0.2) is 0 Å². The van der Waals surface area contributed by atoms with Crippen molar-refractivity contribution in [2.75, 3.05) is 37.8 Å². The second kappa shape index (κ2) is 17.3. The molecule has 0 aromatic heterocycles. The Bertz CT molecular complexity index is 525. The predicted molar refractivity (Wildman–Crippen MR) is 122 cm³/mol. The molecule has 0 unspecified atom stereocenters. The van der Waals surface area contributed by atoms with Gasteiger partial charge in [-0.15, -0.1) is 0 Å². The summed E-state index contributed by atoms with van der Waals surface area (Å²) in [4.78, 5) is 2.50. The molecule has 0 aliphatic heterocycles. The lowest BCUT2D eigenvalue weighted by Crippen LogP contribution is -2.26. The zero-order valence-corrected chi connectivity index (χ0v) is 19.1. The maximum absolute atomic E-state index is 5.96. The second-order valence-corrected chi connectivity index (χ2v) is 7.70. The largest absolute Gasteiger partial charge is 0.489 e. The fraction of sp³-hybridized carbons (Fsp3) is 0.750. The van der Waals surface area contributed by atoms with Crippen molar-refractivity contribution in [2.24, 2.45) is 5.11 Å². The van der Waals surface area contributed by atoms with Gasteiger partial charge in [0.25, 0.3) is 0 Å². The zero-order chi connectivity index (χ0) is 21.2. The summed E-state index contributed by atoms with van der Waals surface area (Å²) in [7, 11) is 0. The van der Waals surface area contributed by atoms with Gasteiger partial charge in [-0.05, 0) is 36.5 Å². The fourth-order valence-electron chi connectivity index (χ4n) is 3.31. The molecular formula is C24H44N3O2+. The number of nitrogens with zero attached hydrogens (tertiary/aromatic N) is 2. The Balaban J connectivity index is 2.72. The highest BCUT2D eigenvalue weighted by atomic mass is 16.5. The first-order chi connectivity index (χ1) is 14.3. The van der Waals surface area contributed by atoms with E-state index in [2.05, 4.69) is 42.9 Å². The number of nitrogens with two attached hydrogens (primary N) is 1. The Morgan fingerprint density at radius 3 is 2.03 bits per heavy atom. The van der Waals surface area contributed by atoms with E-state index in [4.69, 9.17) is 15.0 Å². The lowest BCUT2D eigenvalue weighted by molar-refractivity contribution is -0.210. The van der Waals surface area contributed by atoms with Crippen molar-refractivity contribution < 1.29 is 15.0 Å². The van der Waals surface area contributed by atoms with Gasteiger partial charge in [0.2, 0.25) is 0 Å². The summed E-state index contributed by atoms with van der Waals surface area (Å²) in [6.07, 6.45) is 12.4. The van der Waals surface area contributed by atoms with Crippen LogP contribution in [0.2, 0.25) is 0 Å². The van der Waals surface area contributed by atoms with Gasteiger partial charge in [0.15, 0.2) is 11.4 Å². The number of rotatable bonds is 19. The monoisotopic (exact) mass is 406 g/mol. The van der Waals surface area contributed by atoms with Crippen LogP contribution in [-0.4, -0.2) is 32.9 Å². The van der Waals surface area contributed by atoms with Crippen molar-refractivity contribution in [3.05, 3.63) is 18.2 Å².